The Balaban J connectivity index is 2.26. The van der Waals surface area contributed by atoms with E-state index in [4.69, 9.17) is 4.74 Å². The summed E-state index contributed by atoms with van der Waals surface area (Å²) in [4.78, 5) is 19.8. The molecule has 1 heterocycles. The topological polar surface area (TPSA) is 87.6 Å². The lowest BCUT2D eigenvalue weighted by Gasteiger charge is -2.24. The van der Waals surface area contributed by atoms with Crippen molar-refractivity contribution >= 4 is 11.9 Å². The predicted molar refractivity (Wildman–Crippen MR) is 87.0 cm³/mol. The highest BCUT2D eigenvalue weighted by molar-refractivity contribution is 5.93. The highest BCUT2D eigenvalue weighted by Crippen LogP contribution is 2.04. The van der Waals surface area contributed by atoms with Gasteiger partial charge < -0.3 is 20.7 Å². The molecule has 122 valence electrons. The van der Waals surface area contributed by atoms with Crippen molar-refractivity contribution < 1.29 is 9.53 Å². The third kappa shape index (κ3) is 6.53. The Morgan fingerprint density at radius 2 is 2.05 bits per heavy atom. The summed E-state index contributed by atoms with van der Waals surface area (Å²) in [5.74, 6) is 0.527. The fraction of sp³-hybridized carbons (Fsp3) is 0.533. The summed E-state index contributed by atoms with van der Waals surface area (Å²) in [7, 11) is 3.37. The number of pyridine rings is 1. The summed E-state index contributed by atoms with van der Waals surface area (Å²) >= 11 is 0. The molecule has 0 aliphatic rings. The van der Waals surface area contributed by atoms with E-state index >= 15 is 0 Å². The van der Waals surface area contributed by atoms with Crippen LogP contribution in [-0.2, 0) is 4.74 Å². The van der Waals surface area contributed by atoms with Crippen LogP contribution in [0.5, 0.6) is 0 Å². The van der Waals surface area contributed by atoms with Crippen LogP contribution < -0.4 is 16.0 Å². The van der Waals surface area contributed by atoms with E-state index in [0.29, 0.717) is 31.2 Å². The number of nitrogens with one attached hydrogen (secondary N) is 3. The van der Waals surface area contributed by atoms with E-state index in [-0.39, 0.29) is 11.5 Å². The second kappa shape index (κ2) is 8.99. The number of hydrogen-bond donors (Lipinski definition) is 3. The maximum absolute atomic E-state index is 11.8. The number of nitrogens with zero attached hydrogens (tertiary/aromatic N) is 2. The SMILES string of the molecule is CN=C(NCCNC(=O)c1cccnc1)NCC(C)(C)OC. The molecule has 1 aromatic heterocycles. The molecule has 3 N–H and O–H groups in total. The minimum Gasteiger partial charge on any atom is -0.377 e. The molecule has 0 aliphatic heterocycles. The Hall–Kier alpha value is -2.15. The van der Waals surface area contributed by atoms with Crippen molar-refractivity contribution in [2.24, 2.45) is 4.99 Å². The number of guanidine groups is 1. The smallest absolute Gasteiger partial charge is 0.252 e. The molecule has 0 aliphatic carbocycles. The minimum absolute atomic E-state index is 0.140. The van der Waals surface area contributed by atoms with Crippen molar-refractivity contribution in [3.8, 4) is 0 Å². The van der Waals surface area contributed by atoms with Crippen LogP contribution in [0, 0.1) is 0 Å². The van der Waals surface area contributed by atoms with Gasteiger partial charge in [0, 0.05) is 46.2 Å². The average Bonchev–Trinajstić information content (AvgIpc) is 2.54. The van der Waals surface area contributed by atoms with E-state index < -0.39 is 0 Å². The Kier molecular flexibility index (Phi) is 7.31. The molecule has 1 amide bonds. The number of aromatic nitrogens is 1. The maximum Gasteiger partial charge on any atom is 0.252 e. The van der Waals surface area contributed by atoms with Crippen LogP contribution in [0.2, 0.25) is 0 Å². The molecule has 0 radical (unpaired) electrons. The number of aliphatic imine (C=N–C) groups is 1. The quantitative estimate of drug-likeness (QED) is 0.386. The van der Waals surface area contributed by atoms with Gasteiger partial charge in [-0.3, -0.25) is 14.8 Å². The maximum atomic E-state index is 11.8. The van der Waals surface area contributed by atoms with Gasteiger partial charge in [0.1, 0.15) is 0 Å². The first-order chi connectivity index (χ1) is 10.5. The number of hydrogen-bond acceptors (Lipinski definition) is 4. The highest BCUT2D eigenvalue weighted by Gasteiger charge is 2.16. The van der Waals surface area contributed by atoms with Crippen molar-refractivity contribution in [1.82, 2.24) is 20.9 Å². The summed E-state index contributed by atoms with van der Waals surface area (Å²) in [6, 6.07) is 3.46. The number of methoxy groups -OCH3 is 1. The van der Waals surface area contributed by atoms with Gasteiger partial charge in [-0.05, 0) is 26.0 Å². The molecule has 0 saturated heterocycles. The molecule has 7 nitrogen and oxygen atoms in total. The zero-order valence-corrected chi connectivity index (χ0v) is 13.6. The summed E-state index contributed by atoms with van der Waals surface area (Å²) < 4.78 is 5.33. The van der Waals surface area contributed by atoms with Crippen LogP contribution >= 0.6 is 0 Å². The van der Waals surface area contributed by atoms with Crippen LogP contribution in [0.25, 0.3) is 0 Å². The van der Waals surface area contributed by atoms with E-state index in [0.717, 1.165) is 0 Å². The molecule has 0 fully saturated rings. The van der Waals surface area contributed by atoms with Crippen LogP contribution in [0.4, 0.5) is 0 Å². The molecule has 0 bridgehead atoms. The first kappa shape index (κ1) is 17.9. The van der Waals surface area contributed by atoms with Crippen molar-refractivity contribution in [3.05, 3.63) is 30.1 Å². The van der Waals surface area contributed by atoms with Crippen molar-refractivity contribution in [3.63, 3.8) is 0 Å². The largest absolute Gasteiger partial charge is 0.377 e. The van der Waals surface area contributed by atoms with Gasteiger partial charge >= 0.3 is 0 Å². The van der Waals surface area contributed by atoms with E-state index in [1.807, 2.05) is 13.8 Å². The Morgan fingerprint density at radius 1 is 1.32 bits per heavy atom. The summed E-state index contributed by atoms with van der Waals surface area (Å²) in [5, 5.41) is 9.11. The number of carbonyl (C=O) groups is 1. The summed E-state index contributed by atoms with van der Waals surface area (Å²) in [6.07, 6.45) is 3.17. The molecular weight excluding hydrogens is 282 g/mol. The average molecular weight is 307 g/mol. The first-order valence-electron chi connectivity index (χ1n) is 7.16. The zero-order valence-electron chi connectivity index (χ0n) is 13.6. The fourth-order valence-electron chi connectivity index (χ4n) is 1.55. The highest BCUT2D eigenvalue weighted by atomic mass is 16.5. The Morgan fingerprint density at radius 3 is 2.64 bits per heavy atom. The minimum atomic E-state index is -0.272. The number of amides is 1. The Bertz CT molecular complexity index is 488. The van der Waals surface area contributed by atoms with Crippen LogP contribution in [0.1, 0.15) is 24.2 Å². The van der Waals surface area contributed by atoms with Gasteiger partial charge in [-0.2, -0.15) is 0 Å². The monoisotopic (exact) mass is 307 g/mol. The Labute approximate surface area is 131 Å². The third-order valence-corrected chi connectivity index (χ3v) is 3.08. The molecule has 1 aromatic rings. The van der Waals surface area contributed by atoms with Crippen LogP contribution in [0.15, 0.2) is 29.5 Å². The summed E-state index contributed by atoms with van der Waals surface area (Å²) in [6.45, 7) is 5.66. The molecule has 0 unspecified atom stereocenters. The standard InChI is InChI=1S/C15H25N5O2/c1-15(2,22-4)11-20-14(16-3)19-9-8-18-13(21)12-6-5-7-17-10-12/h5-7,10H,8-9,11H2,1-4H3,(H,18,21)(H2,16,19,20). The van der Waals surface area contributed by atoms with Crippen molar-refractivity contribution in [1.29, 1.82) is 0 Å². The molecule has 0 aromatic carbocycles. The van der Waals surface area contributed by atoms with Gasteiger partial charge in [-0.25, -0.2) is 0 Å². The number of rotatable bonds is 7. The first-order valence-corrected chi connectivity index (χ1v) is 7.16. The molecule has 1 rings (SSSR count). The van der Waals surface area contributed by atoms with Crippen LogP contribution in [-0.4, -0.2) is 56.2 Å². The zero-order chi connectivity index (χ0) is 16.4. The van der Waals surface area contributed by atoms with Gasteiger partial charge in [0.05, 0.1) is 11.2 Å². The fourth-order valence-corrected chi connectivity index (χ4v) is 1.55. The van der Waals surface area contributed by atoms with Crippen molar-refractivity contribution in [2.75, 3.05) is 33.8 Å². The van der Waals surface area contributed by atoms with Gasteiger partial charge in [-0.1, -0.05) is 0 Å². The van der Waals surface area contributed by atoms with E-state index in [9.17, 15) is 4.79 Å². The number of ether oxygens (including phenoxy) is 1. The van der Waals surface area contributed by atoms with Crippen LogP contribution in [0.3, 0.4) is 0 Å². The number of carbonyl (C=O) groups excluding carboxylic acids is 1. The van der Waals surface area contributed by atoms with Gasteiger partial charge in [0.2, 0.25) is 0 Å². The lowest BCUT2D eigenvalue weighted by atomic mass is 10.1. The summed E-state index contributed by atoms with van der Waals surface area (Å²) in [5.41, 5.74) is 0.276. The second-order valence-corrected chi connectivity index (χ2v) is 5.31. The van der Waals surface area contributed by atoms with E-state index in [1.54, 1.807) is 32.5 Å². The van der Waals surface area contributed by atoms with E-state index in [2.05, 4.69) is 25.9 Å². The van der Waals surface area contributed by atoms with E-state index in [1.165, 1.54) is 6.20 Å². The van der Waals surface area contributed by atoms with Gasteiger partial charge in [0.25, 0.3) is 5.91 Å². The predicted octanol–water partition coefficient (Wildman–Crippen LogP) is 0.401. The third-order valence-electron chi connectivity index (χ3n) is 3.08. The normalized spacial score (nSPS) is 11.9. The second-order valence-electron chi connectivity index (χ2n) is 5.31. The molecule has 0 spiro atoms. The molecule has 7 heteroatoms. The molecular formula is C15H25N5O2. The van der Waals surface area contributed by atoms with Gasteiger partial charge in [-0.15, -0.1) is 0 Å². The lowest BCUT2D eigenvalue weighted by molar-refractivity contribution is 0.0268. The molecule has 0 atom stereocenters. The molecule has 0 saturated carbocycles. The van der Waals surface area contributed by atoms with Gasteiger partial charge in [0.15, 0.2) is 5.96 Å². The molecule has 22 heavy (non-hydrogen) atoms. The van der Waals surface area contributed by atoms with Crippen molar-refractivity contribution in [2.45, 2.75) is 19.4 Å². The lowest BCUT2D eigenvalue weighted by Crippen LogP contribution is -2.46.